The van der Waals surface area contributed by atoms with Gasteiger partial charge >= 0.3 is 0 Å². The summed E-state index contributed by atoms with van der Waals surface area (Å²) in [5, 5.41) is 0.175. The lowest BCUT2D eigenvalue weighted by molar-refractivity contribution is 0.323. The fourth-order valence-electron chi connectivity index (χ4n) is 1.49. The highest BCUT2D eigenvalue weighted by atomic mass is 35.7. The van der Waals surface area contributed by atoms with Gasteiger partial charge in [0.1, 0.15) is 0 Å². The van der Waals surface area contributed by atoms with Crippen LogP contribution in [0.5, 0.6) is 17.2 Å². The first-order chi connectivity index (χ1) is 8.34. The maximum absolute atomic E-state index is 11.2. The molecule has 0 bridgehead atoms. The molecule has 0 atom stereocenters. The van der Waals surface area contributed by atoms with E-state index in [2.05, 4.69) is 0 Å². The van der Waals surface area contributed by atoms with Crippen molar-refractivity contribution in [2.75, 3.05) is 21.3 Å². The second-order valence-corrected chi connectivity index (χ2v) is 6.47. The smallest absolute Gasteiger partial charge is 0.236 e. The van der Waals surface area contributed by atoms with Crippen LogP contribution >= 0.6 is 22.3 Å². The van der Waals surface area contributed by atoms with Crippen molar-refractivity contribution in [1.82, 2.24) is 0 Å². The van der Waals surface area contributed by atoms with Crippen LogP contribution in [-0.4, -0.2) is 29.7 Å². The van der Waals surface area contributed by atoms with Gasteiger partial charge in [-0.1, -0.05) is 11.6 Å². The van der Waals surface area contributed by atoms with E-state index in [-0.39, 0.29) is 22.1 Å². The van der Waals surface area contributed by atoms with E-state index in [1.165, 1.54) is 27.4 Å². The zero-order valence-electron chi connectivity index (χ0n) is 9.99. The summed E-state index contributed by atoms with van der Waals surface area (Å²) in [6.07, 6.45) is 0. The molecule has 0 unspecified atom stereocenters. The standard InChI is InChI=1S/C10H12Cl2O5S/c1-15-8-4-7(11)6(5-18(12,13)14)9(16-2)10(8)17-3/h4H,5H2,1-3H3. The van der Waals surface area contributed by atoms with Crippen molar-refractivity contribution in [3.63, 3.8) is 0 Å². The first-order valence-electron chi connectivity index (χ1n) is 4.73. The lowest BCUT2D eigenvalue weighted by atomic mass is 10.2. The number of rotatable bonds is 5. The van der Waals surface area contributed by atoms with Gasteiger partial charge in [-0.2, -0.15) is 0 Å². The fraction of sp³-hybridized carbons (Fsp3) is 0.400. The van der Waals surface area contributed by atoms with Gasteiger partial charge in [-0.25, -0.2) is 8.42 Å². The van der Waals surface area contributed by atoms with Gasteiger partial charge in [0, 0.05) is 22.3 Å². The fourth-order valence-corrected chi connectivity index (χ4v) is 2.78. The Labute approximate surface area is 115 Å². The summed E-state index contributed by atoms with van der Waals surface area (Å²) in [5.41, 5.74) is 0.229. The molecule has 0 spiro atoms. The highest BCUT2D eigenvalue weighted by molar-refractivity contribution is 8.13. The van der Waals surface area contributed by atoms with Crippen LogP contribution in [0.2, 0.25) is 5.02 Å². The molecule has 1 aromatic carbocycles. The van der Waals surface area contributed by atoms with Crippen LogP contribution in [-0.2, 0) is 14.8 Å². The lowest BCUT2D eigenvalue weighted by Crippen LogP contribution is -2.03. The van der Waals surface area contributed by atoms with Crippen LogP contribution in [0.1, 0.15) is 5.56 Å². The van der Waals surface area contributed by atoms with Crippen molar-refractivity contribution in [3.8, 4) is 17.2 Å². The number of ether oxygens (including phenoxy) is 3. The van der Waals surface area contributed by atoms with E-state index in [9.17, 15) is 8.42 Å². The van der Waals surface area contributed by atoms with Crippen LogP contribution in [0.4, 0.5) is 0 Å². The van der Waals surface area contributed by atoms with Crippen molar-refractivity contribution in [2.24, 2.45) is 0 Å². The van der Waals surface area contributed by atoms with Crippen LogP contribution in [0.15, 0.2) is 6.07 Å². The summed E-state index contributed by atoms with van der Waals surface area (Å²) >= 11 is 5.99. The number of benzene rings is 1. The highest BCUT2D eigenvalue weighted by Gasteiger charge is 2.23. The van der Waals surface area contributed by atoms with E-state index < -0.39 is 14.8 Å². The van der Waals surface area contributed by atoms with Gasteiger partial charge in [0.15, 0.2) is 11.5 Å². The molecule has 18 heavy (non-hydrogen) atoms. The molecule has 1 aromatic rings. The summed E-state index contributed by atoms with van der Waals surface area (Å²) < 4.78 is 37.6. The predicted molar refractivity (Wildman–Crippen MR) is 69.6 cm³/mol. The molecule has 0 radical (unpaired) electrons. The van der Waals surface area contributed by atoms with Crippen LogP contribution in [0, 0.1) is 0 Å². The van der Waals surface area contributed by atoms with Gasteiger partial charge in [0.05, 0.1) is 32.1 Å². The first kappa shape index (κ1) is 15.2. The number of hydrogen-bond acceptors (Lipinski definition) is 5. The molecule has 1 rings (SSSR count). The van der Waals surface area contributed by atoms with Gasteiger partial charge in [-0.15, -0.1) is 0 Å². The summed E-state index contributed by atoms with van der Waals surface area (Å²) in [6.45, 7) is 0. The Hall–Kier alpha value is -0.850. The van der Waals surface area contributed by atoms with Gasteiger partial charge in [0.25, 0.3) is 0 Å². The Kier molecular flexibility index (Phi) is 4.95. The van der Waals surface area contributed by atoms with E-state index in [0.717, 1.165) is 0 Å². The minimum absolute atomic E-state index is 0.175. The van der Waals surface area contributed by atoms with Gasteiger partial charge in [-0.3, -0.25) is 0 Å². The molecule has 8 heteroatoms. The Morgan fingerprint density at radius 1 is 1.11 bits per heavy atom. The number of methoxy groups -OCH3 is 3. The Bertz CT molecular complexity index is 542. The topological polar surface area (TPSA) is 61.8 Å². The largest absolute Gasteiger partial charge is 0.493 e. The van der Waals surface area contributed by atoms with E-state index in [0.29, 0.717) is 5.75 Å². The molecular formula is C10H12Cl2O5S. The Morgan fingerprint density at radius 2 is 1.67 bits per heavy atom. The van der Waals surface area contributed by atoms with Gasteiger partial charge in [-0.05, 0) is 0 Å². The van der Waals surface area contributed by atoms with Crippen molar-refractivity contribution in [2.45, 2.75) is 5.75 Å². The van der Waals surface area contributed by atoms with E-state index >= 15 is 0 Å². The van der Waals surface area contributed by atoms with E-state index in [1.54, 1.807) is 0 Å². The zero-order valence-corrected chi connectivity index (χ0v) is 12.3. The molecular weight excluding hydrogens is 303 g/mol. The molecule has 0 amide bonds. The quantitative estimate of drug-likeness (QED) is 0.781. The predicted octanol–water partition coefficient (Wildman–Crippen LogP) is 2.43. The molecule has 0 aromatic heterocycles. The average Bonchev–Trinajstić information content (AvgIpc) is 2.29. The molecule has 0 N–H and O–H groups in total. The molecule has 0 aliphatic carbocycles. The summed E-state index contributed by atoms with van der Waals surface area (Å²) in [4.78, 5) is 0. The second kappa shape index (κ2) is 5.86. The third kappa shape index (κ3) is 3.34. The molecule has 0 heterocycles. The first-order valence-corrected chi connectivity index (χ1v) is 7.59. The maximum Gasteiger partial charge on any atom is 0.236 e. The third-order valence-corrected chi connectivity index (χ3v) is 3.49. The molecule has 5 nitrogen and oxygen atoms in total. The summed E-state index contributed by atoms with van der Waals surface area (Å²) in [5.74, 6) is 0.331. The van der Waals surface area contributed by atoms with Crippen molar-refractivity contribution >= 4 is 31.3 Å². The number of halogens is 2. The number of hydrogen-bond donors (Lipinski definition) is 0. The molecule has 0 saturated heterocycles. The van der Waals surface area contributed by atoms with Crippen molar-refractivity contribution in [3.05, 3.63) is 16.7 Å². The van der Waals surface area contributed by atoms with Gasteiger partial charge < -0.3 is 14.2 Å². The zero-order chi connectivity index (χ0) is 13.9. The van der Waals surface area contributed by atoms with Crippen LogP contribution < -0.4 is 14.2 Å². The summed E-state index contributed by atoms with van der Waals surface area (Å²) in [7, 11) is 5.68. The molecule has 0 saturated carbocycles. The molecule has 0 fully saturated rings. The second-order valence-electron chi connectivity index (χ2n) is 3.29. The maximum atomic E-state index is 11.2. The van der Waals surface area contributed by atoms with Gasteiger partial charge in [0.2, 0.25) is 14.8 Å². The third-order valence-electron chi connectivity index (χ3n) is 2.20. The van der Waals surface area contributed by atoms with Crippen LogP contribution in [0.25, 0.3) is 0 Å². The van der Waals surface area contributed by atoms with Crippen molar-refractivity contribution < 1.29 is 22.6 Å². The average molecular weight is 315 g/mol. The summed E-state index contributed by atoms with van der Waals surface area (Å²) in [6, 6.07) is 1.44. The molecule has 0 aliphatic rings. The van der Waals surface area contributed by atoms with E-state index in [1.807, 2.05) is 0 Å². The SMILES string of the molecule is COc1cc(Cl)c(CS(=O)(=O)Cl)c(OC)c1OC. The molecule has 102 valence electrons. The highest BCUT2D eigenvalue weighted by Crippen LogP contribution is 2.44. The normalized spacial score (nSPS) is 11.2. The Balaban J connectivity index is 3.50. The van der Waals surface area contributed by atoms with Crippen molar-refractivity contribution in [1.29, 1.82) is 0 Å². The van der Waals surface area contributed by atoms with E-state index in [4.69, 9.17) is 36.5 Å². The minimum Gasteiger partial charge on any atom is -0.493 e. The minimum atomic E-state index is -3.77. The monoisotopic (exact) mass is 314 g/mol. The molecule has 0 aliphatic heterocycles. The lowest BCUT2D eigenvalue weighted by Gasteiger charge is -2.16. The van der Waals surface area contributed by atoms with Crippen LogP contribution in [0.3, 0.4) is 0 Å². The Morgan fingerprint density at radius 3 is 2.06 bits per heavy atom.